The number of aromatic amines is 1. The predicted molar refractivity (Wildman–Crippen MR) is 79.9 cm³/mol. The molecule has 0 aromatic carbocycles. The van der Waals surface area contributed by atoms with E-state index >= 15 is 0 Å². The highest BCUT2D eigenvalue weighted by Gasteiger charge is 2.27. The third-order valence-corrected chi connectivity index (χ3v) is 4.54. The second kappa shape index (κ2) is 5.60. The summed E-state index contributed by atoms with van der Waals surface area (Å²) >= 11 is 0. The van der Waals surface area contributed by atoms with Crippen LogP contribution in [-0.4, -0.2) is 41.5 Å². The number of aryl methyl sites for hydroxylation is 2. The standard InChI is InChI=1S/C16H25N3O/c1-11-9-12(2)18-15(11)16(20)19-7-5-14(6-8-19)17-10-13-3-4-13/h9,13-14,17-18H,3-8,10H2,1-2H3. The molecular weight excluding hydrogens is 250 g/mol. The number of nitrogens with zero attached hydrogens (tertiary/aromatic N) is 1. The molecule has 0 unspecified atom stereocenters. The molecule has 0 atom stereocenters. The van der Waals surface area contributed by atoms with Crippen LogP contribution in [0.4, 0.5) is 0 Å². The van der Waals surface area contributed by atoms with Crippen LogP contribution in [0.15, 0.2) is 6.07 Å². The zero-order chi connectivity index (χ0) is 14.1. The molecule has 1 saturated carbocycles. The molecule has 2 fully saturated rings. The molecule has 2 N–H and O–H groups in total. The van der Waals surface area contributed by atoms with Crippen molar-refractivity contribution in [1.29, 1.82) is 0 Å². The summed E-state index contributed by atoms with van der Waals surface area (Å²) in [5.74, 6) is 1.09. The van der Waals surface area contributed by atoms with E-state index in [9.17, 15) is 4.79 Å². The monoisotopic (exact) mass is 275 g/mol. The molecule has 1 aliphatic heterocycles. The Labute approximate surface area is 120 Å². The molecule has 1 aromatic rings. The normalized spacial score (nSPS) is 20.4. The maximum atomic E-state index is 12.5. The van der Waals surface area contributed by atoms with E-state index in [1.54, 1.807) is 0 Å². The summed E-state index contributed by atoms with van der Waals surface area (Å²) in [6.07, 6.45) is 4.96. The predicted octanol–water partition coefficient (Wildman–Crippen LogP) is 2.24. The molecule has 4 heteroatoms. The van der Waals surface area contributed by atoms with Gasteiger partial charge in [-0.05, 0) is 63.6 Å². The van der Waals surface area contributed by atoms with Crippen molar-refractivity contribution in [2.45, 2.75) is 45.6 Å². The Kier molecular flexibility index (Phi) is 3.83. The fourth-order valence-electron chi connectivity index (χ4n) is 3.05. The Morgan fingerprint density at radius 3 is 2.55 bits per heavy atom. The van der Waals surface area contributed by atoms with Crippen LogP contribution >= 0.6 is 0 Å². The minimum atomic E-state index is 0.163. The lowest BCUT2D eigenvalue weighted by molar-refractivity contribution is 0.0699. The van der Waals surface area contributed by atoms with Crippen molar-refractivity contribution in [1.82, 2.24) is 15.2 Å². The quantitative estimate of drug-likeness (QED) is 0.885. The van der Waals surface area contributed by atoms with E-state index in [-0.39, 0.29) is 5.91 Å². The molecular formula is C16H25N3O. The molecule has 1 aromatic heterocycles. The maximum Gasteiger partial charge on any atom is 0.270 e. The van der Waals surface area contributed by atoms with Gasteiger partial charge in [0.05, 0.1) is 0 Å². The van der Waals surface area contributed by atoms with Gasteiger partial charge in [0.1, 0.15) is 5.69 Å². The van der Waals surface area contributed by atoms with Crippen LogP contribution in [0.2, 0.25) is 0 Å². The number of piperidine rings is 1. The fraction of sp³-hybridized carbons (Fsp3) is 0.688. The number of hydrogen-bond donors (Lipinski definition) is 2. The fourth-order valence-corrected chi connectivity index (χ4v) is 3.05. The first kappa shape index (κ1) is 13.7. The van der Waals surface area contributed by atoms with E-state index in [4.69, 9.17) is 0 Å². The van der Waals surface area contributed by atoms with Crippen LogP contribution in [-0.2, 0) is 0 Å². The second-order valence-corrected chi connectivity index (χ2v) is 6.43. The number of amides is 1. The highest BCUT2D eigenvalue weighted by Crippen LogP contribution is 2.28. The molecule has 0 radical (unpaired) electrons. The Morgan fingerprint density at radius 2 is 2.00 bits per heavy atom. The summed E-state index contributed by atoms with van der Waals surface area (Å²) in [5, 5.41) is 3.65. The van der Waals surface area contributed by atoms with Gasteiger partial charge in [0.15, 0.2) is 0 Å². The molecule has 0 spiro atoms. The number of carbonyl (C=O) groups excluding carboxylic acids is 1. The summed E-state index contributed by atoms with van der Waals surface area (Å²) in [7, 11) is 0. The minimum Gasteiger partial charge on any atom is -0.354 e. The van der Waals surface area contributed by atoms with E-state index in [1.807, 2.05) is 24.8 Å². The molecule has 2 aliphatic rings. The van der Waals surface area contributed by atoms with Crippen molar-refractivity contribution >= 4 is 5.91 Å². The van der Waals surface area contributed by atoms with E-state index in [0.717, 1.165) is 48.8 Å². The maximum absolute atomic E-state index is 12.5. The lowest BCUT2D eigenvalue weighted by Crippen LogP contribution is -2.45. The van der Waals surface area contributed by atoms with Crippen LogP contribution in [0.25, 0.3) is 0 Å². The first-order chi connectivity index (χ1) is 9.63. The second-order valence-electron chi connectivity index (χ2n) is 6.43. The van der Waals surface area contributed by atoms with Crippen molar-refractivity contribution in [3.8, 4) is 0 Å². The number of likely N-dealkylation sites (tertiary alicyclic amines) is 1. The van der Waals surface area contributed by atoms with Crippen molar-refractivity contribution < 1.29 is 4.79 Å². The molecule has 3 rings (SSSR count). The van der Waals surface area contributed by atoms with Crippen LogP contribution < -0.4 is 5.32 Å². The largest absolute Gasteiger partial charge is 0.354 e. The summed E-state index contributed by atoms with van der Waals surface area (Å²) < 4.78 is 0. The summed E-state index contributed by atoms with van der Waals surface area (Å²) in [4.78, 5) is 17.7. The van der Waals surface area contributed by atoms with Gasteiger partial charge in [-0.15, -0.1) is 0 Å². The van der Waals surface area contributed by atoms with Crippen molar-refractivity contribution in [3.63, 3.8) is 0 Å². The molecule has 2 heterocycles. The molecule has 1 saturated heterocycles. The van der Waals surface area contributed by atoms with Crippen LogP contribution in [0, 0.1) is 19.8 Å². The first-order valence-electron chi connectivity index (χ1n) is 7.82. The van der Waals surface area contributed by atoms with Gasteiger partial charge in [-0.2, -0.15) is 0 Å². The SMILES string of the molecule is Cc1cc(C)c(C(=O)N2CCC(NCC3CC3)CC2)[nH]1. The number of H-pyrrole nitrogens is 1. The van der Waals surface area contributed by atoms with Gasteiger partial charge in [-0.1, -0.05) is 0 Å². The van der Waals surface area contributed by atoms with Crippen molar-refractivity contribution in [2.75, 3.05) is 19.6 Å². The van der Waals surface area contributed by atoms with E-state index in [0.29, 0.717) is 6.04 Å². The molecule has 1 aliphatic carbocycles. The molecule has 1 amide bonds. The lowest BCUT2D eigenvalue weighted by Gasteiger charge is -2.32. The van der Waals surface area contributed by atoms with Crippen molar-refractivity contribution in [2.24, 2.45) is 5.92 Å². The molecule has 20 heavy (non-hydrogen) atoms. The van der Waals surface area contributed by atoms with Gasteiger partial charge in [-0.3, -0.25) is 4.79 Å². The average Bonchev–Trinajstić information content (AvgIpc) is 3.21. The summed E-state index contributed by atoms with van der Waals surface area (Å²) in [6.45, 7) is 6.92. The Hall–Kier alpha value is -1.29. The topological polar surface area (TPSA) is 48.1 Å². The highest BCUT2D eigenvalue weighted by molar-refractivity contribution is 5.94. The number of rotatable bonds is 4. The molecule has 110 valence electrons. The van der Waals surface area contributed by atoms with Crippen LogP contribution in [0.3, 0.4) is 0 Å². The highest BCUT2D eigenvalue weighted by atomic mass is 16.2. The van der Waals surface area contributed by atoms with Crippen LogP contribution in [0.1, 0.15) is 47.4 Å². The smallest absolute Gasteiger partial charge is 0.270 e. The zero-order valence-electron chi connectivity index (χ0n) is 12.5. The van der Waals surface area contributed by atoms with E-state index < -0.39 is 0 Å². The van der Waals surface area contributed by atoms with Gasteiger partial charge in [0, 0.05) is 24.8 Å². The van der Waals surface area contributed by atoms with Gasteiger partial charge in [-0.25, -0.2) is 0 Å². The van der Waals surface area contributed by atoms with E-state index in [2.05, 4.69) is 10.3 Å². The summed E-state index contributed by atoms with van der Waals surface area (Å²) in [5.41, 5.74) is 2.89. The Balaban J connectivity index is 1.51. The third-order valence-electron chi connectivity index (χ3n) is 4.54. The van der Waals surface area contributed by atoms with Crippen molar-refractivity contribution in [3.05, 3.63) is 23.0 Å². The Morgan fingerprint density at radius 1 is 1.30 bits per heavy atom. The summed E-state index contributed by atoms with van der Waals surface area (Å²) in [6, 6.07) is 2.64. The van der Waals surface area contributed by atoms with Gasteiger partial charge >= 0.3 is 0 Å². The number of aromatic nitrogens is 1. The first-order valence-corrected chi connectivity index (χ1v) is 7.82. The van der Waals surface area contributed by atoms with Gasteiger partial charge < -0.3 is 15.2 Å². The lowest BCUT2D eigenvalue weighted by atomic mass is 10.0. The molecule has 0 bridgehead atoms. The number of nitrogens with one attached hydrogen (secondary N) is 2. The van der Waals surface area contributed by atoms with Gasteiger partial charge in [0.2, 0.25) is 0 Å². The molecule has 4 nitrogen and oxygen atoms in total. The number of carbonyl (C=O) groups is 1. The van der Waals surface area contributed by atoms with Crippen LogP contribution in [0.5, 0.6) is 0 Å². The third kappa shape index (κ3) is 3.06. The minimum absolute atomic E-state index is 0.163. The average molecular weight is 275 g/mol. The number of hydrogen-bond acceptors (Lipinski definition) is 2. The Bertz CT molecular complexity index is 482. The van der Waals surface area contributed by atoms with E-state index in [1.165, 1.54) is 19.4 Å². The van der Waals surface area contributed by atoms with Gasteiger partial charge in [0.25, 0.3) is 5.91 Å². The zero-order valence-corrected chi connectivity index (χ0v) is 12.5.